The molecular formula is C29H38Cl2N2O2. The van der Waals surface area contributed by atoms with Gasteiger partial charge in [-0.3, -0.25) is 9.80 Å². The smallest absolute Gasteiger partial charge is 0.312 e. The van der Waals surface area contributed by atoms with E-state index in [0.717, 1.165) is 31.5 Å². The maximum atomic E-state index is 13.3. The van der Waals surface area contributed by atoms with Crippen molar-refractivity contribution in [3.63, 3.8) is 0 Å². The van der Waals surface area contributed by atoms with Crippen LogP contribution in [0.2, 0.25) is 10.0 Å². The monoisotopic (exact) mass is 516 g/mol. The van der Waals surface area contributed by atoms with E-state index in [0.29, 0.717) is 34.4 Å². The zero-order valence-electron chi connectivity index (χ0n) is 21.5. The summed E-state index contributed by atoms with van der Waals surface area (Å²) in [6.45, 7) is 10.5. The molecule has 1 aromatic carbocycles. The number of carbonyl (C=O) groups excluding carboxylic acids is 1. The minimum atomic E-state index is -0.364. The predicted molar refractivity (Wildman–Crippen MR) is 142 cm³/mol. The second-order valence-corrected chi connectivity index (χ2v) is 13.7. The van der Waals surface area contributed by atoms with E-state index < -0.39 is 0 Å². The van der Waals surface area contributed by atoms with E-state index in [1.54, 1.807) is 0 Å². The minimum Gasteiger partial charge on any atom is -0.466 e. The van der Waals surface area contributed by atoms with Crippen LogP contribution >= 0.6 is 23.2 Å². The van der Waals surface area contributed by atoms with Gasteiger partial charge in [0.1, 0.15) is 0 Å². The quantitative estimate of drug-likeness (QED) is 0.385. The molecule has 4 nitrogen and oxygen atoms in total. The van der Waals surface area contributed by atoms with Crippen molar-refractivity contribution in [2.24, 2.45) is 44.5 Å². The van der Waals surface area contributed by atoms with Gasteiger partial charge in [0.25, 0.3) is 0 Å². The molecule has 0 unspecified atom stereocenters. The molecule has 190 valence electrons. The Bertz CT molecular complexity index is 1110. The van der Waals surface area contributed by atoms with Crippen LogP contribution in [-0.4, -0.2) is 24.8 Å². The molecule has 4 saturated carbocycles. The van der Waals surface area contributed by atoms with Crippen LogP contribution < -0.4 is 5.01 Å². The number of hydrogen-bond donors (Lipinski definition) is 0. The molecule has 0 amide bonds. The molecule has 1 aromatic rings. The molecule has 2 bridgehead atoms. The van der Waals surface area contributed by atoms with Gasteiger partial charge in [-0.25, -0.2) is 0 Å². The van der Waals surface area contributed by atoms with E-state index in [1.807, 2.05) is 25.1 Å². The largest absolute Gasteiger partial charge is 0.466 e. The Hall–Kier alpha value is -1.26. The first-order chi connectivity index (χ1) is 16.6. The fourth-order valence-electron chi connectivity index (χ4n) is 9.96. The van der Waals surface area contributed by atoms with Crippen LogP contribution in [0.5, 0.6) is 0 Å². The van der Waals surface area contributed by atoms with Crippen LogP contribution in [0.3, 0.4) is 0 Å². The number of esters is 1. The number of halogens is 2. The summed E-state index contributed by atoms with van der Waals surface area (Å²) in [5, 5.41) is 8.79. The standard InChI is InChI=1S/C29H38Cl2N2O2/c1-5-35-25(34)28(4)12-6-11-27(3)22(28)10-14-29-17-26(2,13-9-23(27)29)24-19(29)16-33(32-24)21-15-18(30)7-8-20(21)31/h7-8,15,19,22-23H,5-6,9-14,16-17H2,1-4H3/t19-,22+,23+,26+,27-,28-,29-/m1/s1. The van der Waals surface area contributed by atoms with Crippen molar-refractivity contribution in [1.82, 2.24) is 0 Å². The third-order valence-corrected chi connectivity index (χ3v) is 11.8. The summed E-state index contributed by atoms with van der Waals surface area (Å²) in [6, 6.07) is 5.67. The lowest BCUT2D eigenvalue weighted by molar-refractivity contribution is -0.191. The number of ether oxygens (including phenoxy) is 1. The van der Waals surface area contributed by atoms with E-state index in [-0.39, 0.29) is 27.6 Å². The highest BCUT2D eigenvalue weighted by molar-refractivity contribution is 6.35. The highest BCUT2D eigenvalue weighted by Crippen LogP contribution is 2.75. The van der Waals surface area contributed by atoms with Crippen molar-refractivity contribution in [2.45, 2.75) is 79.1 Å². The Kier molecular flexibility index (Phi) is 5.42. The zero-order valence-corrected chi connectivity index (χ0v) is 23.0. The molecule has 0 saturated heterocycles. The molecule has 4 aliphatic carbocycles. The summed E-state index contributed by atoms with van der Waals surface area (Å²) in [7, 11) is 0. The topological polar surface area (TPSA) is 41.9 Å². The average molecular weight is 518 g/mol. The minimum absolute atomic E-state index is 0.0313. The van der Waals surface area contributed by atoms with Gasteiger partial charge in [-0.1, -0.05) is 43.5 Å². The Morgan fingerprint density at radius 1 is 1.11 bits per heavy atom. The summed E-state index contributed by atoms with van der Waals surface area (Å²) in [5.41, 5.74) is 2.52. The SMILES string of the molecule is CCOC(=O)[C@]1(C)CCC[C@@]2(C)[C@@H]3CC[C@@]4(C)C[C@]3(CC[C@@H]21)[C@@H]1CN(c2cc(Cl)ccc2Cl)N=C14. The van der Waals surface area contributed by atoms with Crippen molar-refractivity contribution in [2.75, 3.05) is 18.2 Å². The van der Waals surface area contributed by atoms with Crippen LogP contribution in [-0.2, 0) is 9.53 Å². The van der Waals surface area contributed by atoms with Crippen molar-refractivity contribution < 1.29 is 9.53 Å². The van der Waals surface area contributed by atoms with E-state index in [9.17, 15) is 4.79 Å². The first kappa shape index (κ1) is 24.1. The second-order valence-electron chi connectivity index (χ2n) is 12.9. The first-order valence-corrected chi connectivity index (χ1v) is 14.3. The number of fused-ring (bicyclic) bond motifs is 5. The summed E-state index contributed by atoms with van der Waals surface area (Å²) in [5.74, 6) is 1.49. The molecule has 0 N–H and O–H groups in total. The van der Waals surface area contributed by atoms with Gasteiger partial charge < -0.3 is 4.74 Å². The van der Waals surface area contributed by atoms with Crippen LogP contribution in [0, 0.1) is 39.4 Å². The lowest BCUT2D eigenvalue weighted by Crippen LogP contribution is -2.60. The summed E-state index contributed by atoms with van der Waals surface area (Å²) < 4.78 is 5.66. The van der Waals surface area contributed by atoms with Gasteiger partial charge in [-0.05, 0) is 99.7 Å². The molecular weight excluding hydrogens is 479 g/mol. The molecule has 6 heteroatoms. The van der Waals surface area contributed by atoms with Crippen LogP contribution in [0.1, 0.15) is 79.1 Å². The van der Waals surface area contributed by atoms with Crippen molar-refractivity contribution in [3.05, 3.63) is 28.2 Å². The number of hydrazone groups is 1. The van der Waals surface area contributed by atoms with Gasteiger partial charge in [0, 0.05) is 22.1 Å². The molecule has 4 fully saturated rings. The maximum Gasteiger partial charge on any atom is 0.312 e. The number of carbonyl (C=O) groups is 1. The normalized spacial score (nSPS) is 43.8. The van der Waals surface area contributed by atoms with Gasteiger partial charge in [0.15, 0.2) is 0 Å². The van der Waals surface area contributed by atoms with Crippen LogP contribution in [0.4, 0.5) is 5.69 Å². The molecule has 35 heavy (non-hydrogen) atoms. The van der Waals surface area contributed by atoms with Crippen LogP contribution in [0.25, 0.3) is 0 Å². The van der Waals surface area contributed by atoms with Gasteiger partial charge in [-0.2, -0.15) is 5.10 Å². The molecule has 0 aromatic heterocycles. The van der Waals surface area contributed by atoms with E-state index in [4.69, 9.17) is 33.0 Å². The molecule has 1 heterocycles. The molecule has 1 spiro atoms. The average Bonchev–Trinajstić information content (AvgIpc) is 3.33. The summed E-state index contributed by atoms with van der Waals surface area (Å²) >= 11 is 13.0. The third-order valence-electron chi connectivity index (χ3n) is 11.2. The lowest BCUT2D eigenvalue weighted by Gasteiger charge is -2.64. The van der Waals surface area contributed by atoms with Crippen molar-refractivity contribution >= 4 is 40.6 Å². The van der Waals surface area contributed by atoms with Gasteiger partial charge in [-0.15, -0.1) is 0 Å². The van der Waals surface area contributed by atoms with Crippen LogP contribution in [0.15, 0.2) is 23.3 Å². The van der Waals surface area contributed by atoms with Gasteiger partial charge in [0.05, 0.1) is 29.3 Å². The van der Waals surface area contributed by atoms with Gasteiger partial charge >= 0.3 is 5.97 Å². The fraction of sp³-hybridized carbons (Fsp3) is 0.724. The number of nitrogens with zero attached hydrogens (tertiary/aromatic N) is 2. The highest BCUT2D eigenvalue weighted by Gasteiger charge is 2.71. The number of anilines is 1. The highest BCUT2D eigenvalue weighted by atomic mass is 35.5. The number of hydrogen-bond acceptors (Lipinski definition) is 4. The Balaban J connectivity index is 1.38. The maximum absolute atomic E-state index is 13.3. The molecule has 7 atom stereocenters. The van der Waals surface area contributed by atoms with Gasteiger partial charge in [0.2, 0.25) is 0 Å². The summed E-state index contributed by atoms with van der Waals surface area (Å²) in [4.78, 5) is 13.3. The number of rotatable bonds is 3. The van der Waals surface area contributed by atoms with E-state index in [1.165, 1.54) is 37.8 Å². The third kappa shape index (κ3) is 3.17. The Morgan fingerprint density at radius 3 is 2.66 bits per heavy atom. The van der Waals surface area contributed by atoms with E-state index in [2.05, 4.69) is 25.8 Å². The predicted octanol–water partition coefficient (Wildman–Crippen LogP) is 7.76. The Labute approximate surface area is 219 Å². The Morgan fingerprint density at radius 2 is 1.89 bits per heavy atom. The molecule has 0 radical (unpaired) electrons. The van der Waals surface area contributed by atoms with Crippen molar-refractivity contribution in [1.29, 1.82) is 0 Å². The van der Waals surface area contributed by atoms with Crippen molar-refractivity contribution in [3.8, 4) is 0 Å². The molecule has 5 aliphatic rings. The summed E-state index contributed by atoms with van der Waals surface area (Å²) in [6.07, 6.45) is 9.26. The fourth-order valence-corrected chi connectivity index (χ4v) is 10.3. The zero-order chi connectivity index (χ0) is 24.8. The lowest BCUT2D eigenvalue weighted by atomic mass is 9.39. The number of benzene rings is 1. The second kappa shape index (κ2) is 7.87. The molecule has 6 rings (SSSR count). The first-order valence-electron chi connectivity index (χ1n) is 13.6. The van der Waals surface area contributed by atoms with E-state index >= 15 is 0 Å². The molecule has 1 aliphatic heterocycles.